The van der Waals surface area contributed by atoms with E-state index in [9.17, 15) is 4.79 Å². The molecule has 2 nitrogen and oxygen atoms in total. The molecule has 0 N–H and O–H groups in total. The molecule has 1 aliphatic rings. The van der Waals surface area contributed by atoms with Crippen molar-refractivity contribution in [1.29, 1.82) is 0 Å². The van der Waals surface area contributed by atoms with E-state index in [0.717, 1.165) is 19.3 Å². The quantitative estimate of drug-likeness (QED) is 0.465. The Bertz CT molecular complexity index is 129. The molecule has 0 radical (unpaired) electrons. The topological polar surface area (TPSA) is 26.3 Å². The molecule has 0 atom stereocenters. The zero-order valence-corrected chi connectivity index (χ0v) is 6.90. The number of halogens is 1. The van der Waals surface area contributed by atoms with Gasteiger partial charge in [0.25, 0.3) is 0 Å². The number of rotatable bonds is 1. The second-order valence-corrected chi connectivity index (χ2v) is 3.83. The molecule has 0 heterocycles. The summed E-state index contributed by atoms with van der Waals surface area (Å²) >= 11 is 3.32. The van der Waals surface area contributed by atoms with Crippen molar-refractivity contribution in [3.63, 3.8) is 0 Å². The van der Waals surface area contributed by atoms with Gasteiger partial charge in [-0.3, -0.25) is 4.79 Å². The summed E-state index contributed by atoms with van der Waals surface area (Å²) in [6.07, 6.45) is 2.96. The highest BCUT2D eigenvalue weighted by Gasteiger charge is 2.42. The molecule has 0 aliphatic heterocycles. The molecule has 0 spiro atoms. The van der Waals surface area contributed by atoms with Crippen LogP contribution in [0.1, 0.15) is 19.3 Å². The average Bonchev–Trinajstić information content (AvgIpc) is 1.81. The lowest BCUT2D eigenvalue weighted by Crippen LogP contribution is -2.39. The maximum absolute atomic E-state index is 10.8. The van der Waals surface area contributed by atoms with Crippen molar-refractivity contribution in [1.82, 2.24) is 0 Å². The van der Waals surface area contributed by atoms with Gasteiger partial charge in [-0.25, -0.2) is 0 Å². The SMILES string of the molecule is COC(=O)C1(Br)CCC1. The Hall–Kier alpha value is -0.0500. The molecule has 0 amide bonds. The molecule has 0 aromatic carbocycles. The summed E-state index contributed by atoms with van der Waals surface area (Å²) in [4.78, 5) is 10.8. The molecular weight excluding hydrogens is 184 g/mol. The van der Waals surface area contributed by atoms with Crippen LogP contribution >= 0.6 is 15.9 Å². The predicted molar refractivity (Wildman–Crippen MR) is 37.5 cm³/mol. The first kappa shape index (κ1) is 7.06. The van der Waals surface area contributed by atoms with Crippen LogP contribution in [0.3, 0.4) is 0 Å². The maximum atomic E-state index is 10.8. The number of carbonyl (C=O) groups excluding carboxylic acids is 1. The highest BCUT2D eigenvalue weighted by atomic mass is 79.9. The Kier molecular flexibility index (Phi) is 1.80. The zero-order valence-electron chi connectivity index (χ0n) is 5.32. The molecule has 1 aliphatic carbocycles. The van der Waals surface area contributed by atoms with Crippen molar-refractivity contribution < 1.29 is 9.53 Å². The smallest absolute Gasteiger partial charge is 0.322 e. The van der Waals surface area contributed by atoms with Gasteiger partial charge in [0, 0.05) is 0 Å². The van der Waals surface area contributed by atoms with E-state index < -0.39 is 0 Å². The third kappa shape index (κ3) is 1.11. The van der Waals surface area contributed by atoms with Crippen LogP contribution in [-0.4, -0.2) is 17.4 Å². The Balaban J connectivity index is 2.49. The van der Waals surface area contributed by atoms with Crippen LogP contribution in [0.2, 0.25) is 0 Å². The van der Waals surface area contributed by atoms with Gasteiger partial charge in [-0.15, -0.1) is 0 Å². The summed E-state index contributed by atoms with van der Waals surface area (Å²) < 4.78 is 4.25. The van der Waals surface area contributed by atoms with Gasteiger partial charge < -0.3 is 4.74 Å². The number of ether oxygens (including phenoxy) is 1. The minimum absolute atomic E-state index is 0.131. The first-order chi connectivity index (χ1) is 4.19. The van der Waals surface area contributed by atoms with E-state index >= 15 is 0 Å². The van der Waals surface area contributed by atoms with Crippen LogP contribution < -0.4 is 0 Å². The van der Waals surface area contributed by atoms with Crippen molar-refractivity contribution in [2.24, 2.45) is 0 Å². The number of hydrogen-bond acceptors (Lipinski definition) is 2. The third-order valence-electron chi connectivity index (χ3n) is 1.70. The van der Waals surface area contributed by atoms with E-state index in [4.69, 9.17) is 0 Å². The predicted octanol–water partition coefficient (Wildman–Crippen LogP) is 1.48. The van der Waals surface area contributed by atoms with Gasteiger partial charge in [0.2, 0.25) is 0 Å². The highest BCUT2D eigenvalue weighted by molar-refractivity contribution is 9.10. The largest absolute Gasteiger partial charge is 0.468 e. The fourth-order valence-corrected chi connectivity index (χ4v) is 1.60. The molecule has 0 aromatic rings. The number of alkyl halides is 1. The minimum atomic E-state index is -0.318. The van der Waals surface area contributed by atoms with E-state index in [1.807, 2.05) is 0 Å². The van der Waals surface area contributed by atoms with Crippen LogP contribution in [-0.2, 0) is 9.53 Å². The van der Waals surface area contributed by atoms with Crippen LogP contribution in [0.4, 0.5) is 0 Å². The van der Waals surface area contributed by atoms with Gasteiger partial charge in [-0.2, -0.15) is 0 Å². The average molecular weight is 193 g/mol. The maximum Gasteiger partial charge on any atom is 0.322 e. The Morgan fingerprint density at radius 3 is 2.33 bits per heavy atom. The van der Waals surface area contributed by atoms with Gasteiger partial charge in [0.15, 0.2) is 0 Å². The summed E-state index contributed by atoms with van der Waals surface area (Å²) in [5, 5.41) is 0. The van der Waals surface area contributed by atoms with Gasteiger partial charge in [-0.05, 0) is 19.3 Å². The number of hydrogen-bond donors (Lipinski definition) is 0. The lowest BCUT2D eigenvalue weighted by Gasteiger charge is -2.32. The van der Waals surface area contributed by atoms with Gasteiger partial charge in [0.1, 0.15) is 4.32 Å². The van der Waals surface area contributed by atoms with E-state index in [1.165, 1.54) is 7.11 Å². The molecule has 3 heteroatoms. The number of esters is 1. The van der Waals surface area contributed by atoms with Crippen LogP contribution in [0, 0.1) is 0 Å². The van der Waals surface area contributed by atoms with Gasteiger partial charge in [0.05, 0.1) is 7.11 Å². The van der Waals surface area contributed by atoms with Crippen molar-refractivity contribution in [2.45, 2.75) is 23.6 Å². The Morgan fingerprint density at radius 1 is 1.67 bits per heavy atom. The minimum Gasteiger partial charge on any atom is -0.468 e. The van der Waals surface area contributed by atoms with Crippen LogP contribution in [0.5, 0.6) is 0 Å². The molecule has 0 unspecified atom stereocenters. The lowest BCUT2D eigenvalue weighted by molar-refractivity contribution is -0.145. The molecule has 0 aromatic heterocycles. The second kappa shape index (κ2) is 2.29. The molecule has 0 saturated heterocycles. The van der Waals surface area contributed by atoms with Crippen molar-refractivity contribution >= 4 is 21.9 Å². The third-order valence-corrected chi connectivity index (χ3v) is 2.81. The lowest BCUT2D eigenvalue weighted by atomic mass is 9.85. The number of methoxy groups -OCH3 is 1. The molecule has 9 heavy (non-hydrogen) atoms. The zero-order chi connectivity index (χ0) is 6.91. The molecular formula is C6H9BrO2. The van der Waals surface area contributed by atoms with Crippen LogP contribution in [0.25, 0.3) is 0 Å². The summed E-state index contributed by atoms with van der Waals surface area (Å²) in [6, 6.07) is 0. The Morgan fingerprint density at radius 2 is 2.22 bits per heavy atom. The van der Waals surface area contributed by atoms with Crippen molar-refractivity contribution in [3.8, 4) is 0 Å². The molecule has 52 valence electrons. The van der Waals surface area contributed by atoms with Crippen molar-refractivity contribution in [3.05, 3.63) is 0 Å². The van der Waals surface area contributed by atoms with E-state index in [2.05, 4.69) is 20.7 Å². The summed E-state index contributed by atoms with van der Waals surface area (Å²) in [5.41, 5.74) is 0. The van der Waals surface area contributed by atoms with Gasteiger partial charge >= 0.3 is 5.97 Å². The first-order valence-electron chi connectivity index (χ1n) is 2.96. The second-order valence-electron chi connectivity index (χ2n) is 2.31. The summed E-state index contributed by atoms with van der Waals surface area (Å²) in [6.45, 7) is 0. The molecule has 1 fully saturated rings. The monoisotopic (exact) mass is 192 g/mol. The normalized spacial score (nSPS) is 22.4. The van der Waals surface area contributed by atoms with Crippen molar-refractivity contribution in [2.75, 3.05) is 7.11 Å². The van der Waals surface area contributed by atoms with Crippen LogP contribution in [0.15, 0.2) is 0 Å². The molecule has 0 bridgehead atoms. The highest BCUT2D eigenvalue weighted by Crippen LogP contribution is 2.40. The fraction of sp³-hybridized carbons (Fsp3) is 0.833. The van der Waals surface area contributed by atoms with Gasteiger partial charge in [-0.1, -0.05) is 15.9 Å². The standard InChI is InChI=1S/C6H9BrO2/c1-9-5(8)6(7)3-2-4-6/h2-4H2,1H3. The van der Waals surface area contributed by atoms with E-state index in [1.54, 1.807) is 0 Å². The first-order valence-corrected chi connectivity index (χ1v) is 3.76. The Labute approximate surface area is 62.7 Å². The fourth-order valence-electron chi connectivity index (χ4n) is 0.874. The van der Waals surface area contributed by atoms with E-state index in [-0.39, 0.29) is 10.3 Å². The summed E-state index contributed by atoms with van der Waals surface area (Å²) in [5.74, 6) is -0.131. The summed E-state index contributed by atoms with van der Waals surface area (Å²) in [7, 11) is 1.42. The molecule has 1 saturated carbocycles. The van der Waals surface area contributed by atoms with E-state index in [0.29, 0.717) is 0 Å². The number of carbonyl (C=O) groups is 1. The molecule has 1 rings (SSSR count).